The van der Waals surface area contributed by atoms with E-state index in [2.05, 4.69) is 0 Å². The number of rotatable bonds is 7. The SMILES string of the molecule is COc1ccc(C=CC(=O)c2ccc(OC(=O)c3ccc(F)cc3)cc2)cc1OC. The van der Waals surface area contributed by atoms with E-state index >= 15 is 0 Å². The third-order valence-electron chi connectivity index (χ3n) is 4.26. The van der Waals surface area contributed by atoms with Gasteiger partial charge in [-0.05, 0) is 72.3 Å². The topological polar surface area (TPSA) is 61.8 Å². The first-order valence-corrected chi connectivity index (χ1v) is 9.02. The van der Waals surface area contributed by atoms with Crippen LogP contribution in [0.15, 0.2) is 72.8 Å². The standard InChI is InChI=1S/C24H19FO5/c1-28-22-14-4-16(15-23(22)29-2)3-13-21(26)17-7-11-20(12-8-17)30-24(27)18-5-9-19(25)10-6-18/h3-15H,1-2H3. The maximum Gasteiger partial charge on any atom is 0.343 e. The average molecular weight is 406 g/mol. The Kier molecular flexibility index (Phi) is 6.60. The van der Waals surface area contributed by atoms with Crippen LogP contribution < -0.4 is 14.2 Å². The molecule has 0 heterocycles. The van der Waals surface area contributed by atoms with E-state index in [1.165, 1.54) is 42.5 Å². The Balaban J connectivity index is 1.65. The van der Waals surface area contributed by atoms with Crippen LogP contribution in [0.2, 0.25) is 0 Å². The summed E-state index contributed by atoms with van der Waals surface area (Å²) in [5.41, 5.74) is 1.45. The third-order valence-corrected chi connectivity index (χ3v) is 4.26. The number of methoxy groups -OCH3 is 2. The van der Waals surface area contributed by atoms with Crippen molar-refractivity contribution in [3.8, 4) is 17.2 Å². The monoisotopic (exact) mass is 406 g/mol. The van der Waals surface area contributed by atoms with E-state index in [0.29, 0.717) is 17.1 Å². The molecule has 5 nitrogen and oxygen atoms in total. The zero-order chi connectivity index (χ0) is 21.5. The predicted molar refractivity (Wildman–Crippen MR) is 111 cm³/mol. The molecule has 0 amide bonds. The number of benzene rings is 3. The van der Waals surface area contributed by atoms with Gasteiger partial charge in [-0.15, -0.1) is 0 Å². The number of hydrogen-bond acceptors (Lipinski definition) is 5. The minimum atomic E-state index is -0.609. The molecule has 0 N–H and O–H groups in total. The van der Waals surface area contributed by atoms with Gasteiger partial charge in [-0.25, -0.2) is 9.18 Å². The Hall–Kier alpha value is -3.93. The summed E-state index contributed by atoms with van der Waals surface area (Å²) in [5, 5.41) is 0. The number of ketones is 1. The minimum Gasteiger partial charge on any atom is -0.493 e. The number of carbonyl (C=O) groups is 2. The molecule has 0 aliphatic heterocycles. The van der Waals surface area contributed by atoms with Crippen LogP contribution in [-0.4, -0.2) is 26.0 Å². The molecule has 0 unspecified atom stereocenters. The van der Waals surface area contributed by atoms with Crippen molar-refractivity contribution in [2.75, 3.05) is 14.2 Å². The molecule has 152 valence electrons. The number of esters is 1. The zero-order valence-corrected chi connectivity index (χ0v) is 16.4. The molecule has 0 saturated heterocycles. The van der Waals surface area contributed by atoms with Crippen LogP contribution in [0.5, 0.6) is 17.2 Å². The molecule has 3 rings (SSSR count). The summed E-state index contributed by atoms with van der Waals surface area (Å²) in [6, 6.07) is 16.6. The molecule has 0 aliphatic rings. The lowest BCUT2D eigenvalue weighted by atomic mass is 10.1. The van der Waals surface area contributed by atoms with Gasteiger partial charge in [-0.3, -0.25) is 4.79 Å². The van der Waals surface area contributed by atoms with E-state index in [4.69, 9.17) is 14.2 Å². The third kappa shape index (κ3) is 5.11. The Labute approximate surface area is 173 Å². The van der Waals surface area contributed by atoms with Crippen molar-refractivity contribution in [2.45, 2.75) is 0 Å². The van der Waals surface area contributed by atoms with Crippen LogP contribution in [-0.2, 0) is 0 Å². The van der Waals surface area contributed by atoms with Crippen LogP contribution in [0, 0.1) is 5.82 Å². The van der Waals surface area contributed by atoms with Crippen LogP contribution in [0.1, 0.15) is 26.3 Å². The second-order valence-electron chi connectivity index (χ2n) is 6.23. The largest absolute Gasteiger partial charge is 0.493 e. The molecular formula is C24H19FO5. The van der Waals surface area contributed by atoms with Gasteiger partial charge in [0.1, 0.15) is 11.6 Å². The first kappa shape index (κ1) is 20.8. The highest BCUT2D eigenvalue weighted by Crippen LogP contribution is 2.28. The Morgan fingerprint density at radius 3 is 2.07 bits per heavy atom. The number of ether oxygens (including phenoxy) is 3. The number of carbonyl (C=O) groups excluding carboxylic acids is 2. The van der Waals surface area contributed by atoms with Gasteiger partial charge in [-0.1, -0.05) is 12.1 Å². The van der Waals surface area contributed by atoms with Crippen LogP contribution in [0.25, 0.3) is 6.08 Å². The maximum absolute atomic E-state index is 12.9. The lowest BCUT2D eigenvalue weighted by Gasteiger charge is -2.07. The van der Waals surface area contributed by atoms with Crippen molar-refractivity contribution >= 4 is 17.8 Å². The highest BCUT2D eigenvalue weighted by Gasteiger charge is 2.10. The predicted octanol–water partition coefficient (Wildman–Crippen LogP) is 4.96. The lowest BCUT2D eigenvalue weighted by Crippen LogP contribution is -2.08. The van der Waals surface area contributed by atoms with Gasteiger partial charge < -0.3 is 14.2 Å². The Morgan fingerprint density at radius 2 is 1.43 bits per heavy atom. The second kappa shape index (κ2) is 9.52. The molecule has 3 aromatic carbocycles. The zero-order valence-electron chi connectivity index (χ0n) is 16.4. The molecule has 0 radical (unpaired) electrons. The van der Waals surface area contributed by atoms with E-state index in [-0.39, 0.29) is 17.1 Å². The number of halogens is 1. The van der Waals surface area contributed by atoms with Gasteiger partial charge in [0.15, 0.2) is 17.3 Å². The molecule has 0 aromatic heterocycles. The van der Waals surface area contributed by atoms with Gasteiger partial charge in [0.25, 0.3) is 0 Å². The van der Waals surface area contributed by atoms with E-state index < -0.39 is 11.8 Å². The molecule has 0 aliphatic carbocycles. The van der Waals surface area contributed by atoms with E-state index in [0.717, 1.165) is 5.56 Å². The molecule has 0 atom stereocenters. The lowest BCUT2D eigenvalue weighted by molar-refractivity contribution is 0.0734. The summed E-state index contributed by atoms with van der Waals surface area (Å²) in [4.78, 5) is 24.5. The van der Waals surface area contributed by atoms with Gasteiger partial charge in [0.05, 0.1) is 19.8 Å². The van der Waals surface area contributed by atoms with Crippen molar-refractivity contribution in [1.82, 2.24) is 0 Å². The summed E-state index contributed by atoms with van der Waals surface area (Å²) in [5.74, 6) is 0.204. The Bertz CT molecular complexity index is 1070. The van der Waals surface area contributed by atoms with Crippen molar-refractivity contribution in [3.63, 3.8) is 0 Å². The maximum atomic E-state index is 12.9. The smallest absolute Gasteiger partial charge is 0.343 e. The fourth-order valence-electron chi connectivity index (χ4n) is 2.66. The van der Waals surface area contributed by atoms with E-state index in [9.17, 15) is 14.0 Å². The van der Waals surface area contributed by atoms with Crippen molar-refractivity contribution in [1.29, 1.82) is 0 Å². The highest BCUT2D eigenvalue weighted by molar-refractivity contribution is 6.07. The first-order chi connectivity index (χ1) is 14.5. The number of hydrogen-bond donors (Lipinski definition) is 0. The van der Waals surface area contributed by atoms with E-state index in [1.54, 1.807) is 44.6 Å². The van der Waals surface area contributed by atoms with Crippen molar-refractivity contribution in [2.24, 2.45) is 0 Å². The van der Waals surface area contributed by atoms with Gasteiger partial charge in [0, 0.05) is 5.56 Å². The Morgan fingerprint density at radius 1 is 0.800 bits per heavy atom. The van der Waals surface area contributed by atoms with Gasteiger partial charge in [0.2, 0.25) is 0 Å². The fourth-order valence-corrected chi connectivity index (χ4v) is 2.66. The summed E-state index contributed by atoms with van der Waals surface area (Å²) in [7, 11) is 3.10. The van der Waals surface area contributed by atoms with Crippen LogP contribution in [0.3, 0.4) is 0 Å². The molecular weight excluding hydrogens is 387 g/mol. The molecule has 6 heteroatoms. The minimum absolute atomic E-state index is 0.207. The second-order valence-corrected chi connectivity index (χ2v) is 6.23. The quantitative estimate of drug-likeness (QED) is 0.240. The highest BCUT2D eigenvalue weighted by atomic mass is 19.1. The molecule has 30 heavy (non-hydrogen) atoms. The normalized spacial score (nSPS) is 10.6. The summed E-state index contributed by atoms with van der Waals surface area (Å²) in [6.07, 6.45) is 3.12. The van der Waals surface area contributed by atoms with E-state index in [1.807, 2.05) is 6.07 Å². The molecule has 0 saturated carbocycles. The van der Waals surface area contributed by atoms with Gasteiger partial charge >= 0.3 is 5.97 Å². The fraction of sp³-hybridized carbons (Fsp3) is 0.0833. The van der Waals surface area contributed by atoms with Crippen LogP contribution >= 0.6 is 0 Å². The van der Waals surface area contributed by atoms with Crippen molar-refractivity contribution in [3.05, 3.63) is 95.3 Å². The van der Waals surface area contributed by atoms with Gasteiger partial charge in [-0.2, -0.15) is 0 Å². The molecule has 0 fully saturated rings. The average Bonchev–Trinajstić information content (AvgIpc) is 2.78. The van der Waals surface area contributed by atoms with Crippen LogP contribution in [0.4, 0.5) is 4.39 Å². The molecule has 3 aromatic rings. The molecule has 0 spiro atoms. The van der Waals surface area contributed by atoms with Crippen molar-refractivity contribution < 1.29 is 28.2 Å². The molecule has 0 bridgehead atoms. The summed E-state index contributed by atoms with van der Waals surface area (Å²) < 4.78 is 28.6. The number of allylic oxidation sites excluding steroid dienone is 1. The first-order valence-electron chi connectivity index (χ1n) is 9.02. The summed E-state index contributed by atoms with van der Waals surface area (Å²) in [6.45, 7) is 0. The summed E-state index contributed by atoms with van der Waals surface area (Å²) >= 11 is 0.